The topological polar surface area (TPSA) is 87.5 Å². The maximum Gasteiger partial charge on any atom is 0.267 e. The fraction of sp³-hybridized carbons (Fsp3) is 0.762. The van der Waals surface area contributed by atoms with Gasteiger partial charge in [-0.15, -0.1) is 0 Å². The summed E-state index contributed by atoms with van der Waals surface area (Å²) in [7, 11) is 0. The number of nitrogens with zero attached hydrogens (tertiary/aromatic N) is 3. The molecule has 0 aromatic carbocycles. The van der Waals surface area contributed by atoms with Crippen LogP contribution in [-0.2, 0) is 4.79 Å². The first-order valence-electron chi connectivity index (χ1n) is 11.0. The molecule has 154 valence electrons. The first kappa shape index (κ1) is 19.4. The summed E-state index contributed by atoms with van der Waals surface area (Å²) in [5.41, 5.74) is -0.155. The number of piperidine rings is 1. The number of rotatable bonds is 5. The van der Waals surface area contributed by atoms with Gasteiger partial charge in [0.05, 0.1) is 12.1 Å². The van der Waals surface area contributed by atoms with Crippen LogP contribution in [0, 0.1) is 5.92 Å². The molecule has 2 heterocycles. The first-order chi connectivity index (χ1) is 13.6. The molecule has 1 amide bonds. The van der Waals surface area contributed by atoms with Crippen LogP contribution in [0.5, 0.6) is 0 Å². The standard InChI is InChI=1S/C21H32N4O3/c26-18-10-5-9-17(18)25-20(27)12-11-19(23-25)24-13-4-3-8-16(24)14-22-21(28)15-6-1-2-7-15/h11-12,15-18,26H,1-10,13-14H2,(H,22,28). The molecular formula is C21H32N4O3. The Kier molecular flexibility index (Phi) is 5.99. The zero-order valence-electron chi connectivity index (χ0n) is 16.6. The van der Waals surface area contributed by atoms with Crippen molar-refractivity contribution in [1.82, 2.24) is 15.1 Å². The molecule has 28 heavy (non-hydrogen) atoms. The smallest absolute Gasteiger partial charge is 0.267 e. The normalized spacial score (nSPS) is 28.6. The number of amides is 1. The van der Waals surface area contributed by atoms with E-state index in [4.69, 9.17) is 0 Å². The molecular weight excluding hydrogens is 356 g/mol. The van der Waals surface area contributed by atoms with Crippen LogP contribution >= 0.6 is 0 Å². The molecule has 1 aromatic heterocycles. The van der Waals surface area contributed by atoms with Gasteiger partial charge in [-0.05, 0) is 57.4 Å². The van der Waals surface area contributed by atoms with E-state index in [1.165, 1.54) is 4.68 Å². The maximum absolute atomic E-state index is 12.4. The van der Waals surface area contributed by atoms with E-state index in [2.05, 4.69) is 15.3 Å². The molecule has 7 nitrogen and oxygen atoms in total. The van der Waals surface area contributed by atoms with Crippen molar-refractivity contribution in [1.29, 1.82) is 0 Å². The second-order valence-electron chi connectivity index (χ2n) is 8.61. The molecule has 1 aromatic rings. The molecule has 4 rings (SSSR count). The van der Waals surface area contributed by atoms with E-state index in [1.54, 1.807) is 12.1 Å². The molecule has 3 aliphatic rings. The van der Waals surface area contributed by atoms with E-state index in [-0.39, 0.29) is 29.5 Å². The maximum atomic E-state index is 12.4. The summed E-state index contributed by atoms with van der Waals surface area (Å²) in [5, 5.41) is 18.0. The minimum absolute atomic E-state index is 0.155. The van der Waals surface area contributed by atoms with Crippen LogP contribution in [0.4, 0.5) is 5.82 Å². The average molecular weight is 389 g/mol. The molecule has 2 N–H and O–H groups in total. The Bertz CT molecular complexity index is 743. The lowest BCUT2D eigenvalue weighted by atomic mass is 10.0. The molecule has 1 saturated heterocycles. The molecule has 2 saturated carbocycles. The molecule has 0 radical (unpaired) electrons. The summed E-state index contributed by atoms with van der Waals surface area (Å²) in [6, 6.07) is 3.33. The Hall–Kier alpha value is -1.89. The lowest BCUT2D eigenvalue weighted by Gasteiger charge is -2.37. The Morgan fingerprint density at radius 1 is 1.07 bits per heavy atom. The number of aliphatic hydroxyl groups is 1. The predicted octanol–water partition coefficient (Wildman–Crippen LogP) is 1.99. The van der Waals surface area contributed by atoms with Gasteiger partial charge >= 0.3 is 0 Å². The van der Waals surface area contributed by atoms with E-state index in [0.717, 1.165) is 76.6 Å². The Morgan fingerprint density at radius 3 is 2.61 bits per heavy atom. The molecule has 3 atom stereocenters. The van der Waals surface area contributed by atoms with Gasteiger partial charge in [-0.3, -0.25) is 9.59 Å². The number of aromatic nitrogens is 2. The zero-order valence-corrected chi connectivity index (χ0v) is 16.6. The van der Waals surface area contributed by atoms with Gasteiger partial charge in [0, 0.05) is 31.1 Å². The number of carbonyl (C=O) groups excluding carboxylic acids is 1. The monoisotopic (exact) mass is 388 g/mol. The quantitative estimate of drug-likeness (QED) is 0.806. The molecule has 0 spiro atoms. The van der Waals surface area contributed by atoms with E-state index >= 15 is 0 Å². The van der Waals surface area contributed by atoms with E-state index < -0.39 is 6.10 Å². The summed E-state index contributed by atoms with van der Waals surface area (Å²) in [5.74, 6) is 1.15. The van der Waals surface area contributed by atoms with Crippen LogP contribution in [0.15, 0.2) is 16.9 Å². The van der Waals surface area contributed by atoms with E-state index in [9.17, 15) is 14.7 Å². The minimum atomic E-state index is -0.497. The lowest BCUT2D eigenvalue weighted by Crippen LogP contribution is -2.48. The van der Waals surface area contributed by atoms with Crippen molar-refractivity contribution >= 4 is 11.7 Å². The second kappa shape index (κ2) is 8.64. The van der Waals surface area contributed by atoms with E-state index in [0.29, 0.717) is 6.54 Å². The highest BCUT2D eigenvalue weighted by Gasteiger charge is 2.31. The molecule has 3 fully saturated rings. The fourth-order valence-electron chi connectivity index (χ4n) is 5.08. The number of nitrogens with one attached hydrogen (secondary N) is 1. The molecule has 2 aliphatic carbocycles. The SMILES string of the molecule is O=C(NCC1CCCCN1c1ccc(=O)n(C2CCCC2O)n1)C1CCCC1. The summed E-state index contributed by atoms with van der Waals surface area (Å²) < 4.78 is 1.48. The van der Waals surface area contributed by atoms with Gasteiger partial charge in [0.2, 0.25) is 5.91 Å². The largest absolute Gasteiger partial charge is 0.391 e. The average Bonchev–Trinajstić information content (AvgIpc) is 3.39. The lowest BCUT2D eigenvalue weighted by molar-refractivity contribution is -0.124. The van der Waals surface area contributed by atoms with Crippen molar-refractivity contribution in [3.05, 3.63) is 22.5 Å². The van der Waals surface area contributed by atoms with Crippen molar-refractivity contribution in [2.24, 2.45) is 5.92 Å². The highest BCUT2D eigenvalue weighted by molar-refractivity contribution is 5.78. The van der Waals surface area contributed by atoms with Crippen molar-refractivity contribution < 1.29 is 9.90 Å². The summed E-state index contributed by atoms with van der Waals surface area (Å²) >= 11 is 0. The summed E-state index contributed by atoms with van der Waals surface area (Å²) in [6.45, 7) is 1.50. The van der Waals surface area contributed by atoms with Gasteiger partial charge in [-0.25, -0.2) is 4.68 Å². The zero-order chi connectivity index (χ0) is 19.5. The first-order valence-corrected chi connectivity index (χ1v) is 11.0. The van der Waals surface area contributed by atoms with E-state index in [1.807, 2.05) is 0 Å². The number of hydrogen-bond donors (Lipinski definition) is 2. The third-order valence-corrected chi connectivity index (χ3v) is 6.73. The van der Waals surface area contributed by atoms with Crippen molar-refractivity contribution in [3.8, 4) is 0 Å². The van der Waals surface area contributed by atoms with Crippen LogP contribution in [0.3, 0.4) is 0 Å². The van der Waals surface area contributed by atoms with Crippen LogP contribution in [-0.4, -0.2) is 46.0 Å². The van der Waals surface area contributed by atoms with Crippen molar-refractivity contribution in [2.75, 3.05) is 18.0 Å². The number of anilines is 1. The minimum Gasteiger partial charge on any atom is -0.391 e. The highest BCUT2D eigenvalue weighted by atomic mass is 16.3. The van der Waals surface area contributed by atoms with Crippen molar-refractivity contribution in [3.63, 3.8) is 0 Å². The summed E-state index contributed by atoms with van der Waals surface area (Å²) in [6.07, 6.45) is 9.51. The third-order valence-electron chi connectivity index (χ3n) is 6.73. The Morgan fingerprint density at radius 2 is 1.86 bits per heavy atom. The predicted molar refractivity (Wildman–Crippen MR) is 107 cm³/mol. The molecule has 3 unspecified atom stereocenters. The Labute approximate surface area is 166 Å². The van der Waals surface area contributed by atoms with Gasteiger partial charge in [0.1, 0.15) is 5.82 Å². The van der Waals surface area contributed by atoms with Crippen LogP contribution in [0.1, 0.15) is 70.3 Å². The molecule has 7 heteroatoms. The summed E-state index contributed by atoms with van der Waals surface area (Å²) in [4.78, 5) is 27.0. The number of hydrogen-bond acceptors (Lipinski definition) is 5. The van der Waals surface area contributed by atoms with Gasteiger partial charge in [-0.1, -0.05) is 12.8 Å². The second-order valence-corrected chi connectivity index (χ2v) is 8.61. The highest BCUT2D eigenvalue weighted by Crippen LogP contribution is 2.30. The van der Waals surface area contributed by atoms with Crippen LogP contribution in [0.2, 0.25) is 0 Å². The van der Waals surface area contributed by atoms with Gasteiger partial charge in [-0.2, -0.15) is 5.10 Å². The van der Waals surface area contributed by atoms with Gasteiger partial charge in [0.25, 0.3) is 5.56 Å². The fourth-order valence-corrected chi connectivity index (χ4v) is 5.08. The third kappa shape index (κ3) is 4.09. The Balaban J connectivity index is 1.48. The molecule has 0 bridgehead atoms. The number of carbonyl (C=O) groups is 1. The van der Waals surface area contributed by atoms with Gasteiger partial charge < -0.3 is 15.3 Å². The number of aliphatic hydroxyl groups excluding tert-OH is 1. The van der Waals surface area contributed by atoms with Gasteiger partial charge in [0.15, 0.2) is 0 Å². The van der Waals surface area contributed by atoms with Crippen LogP contribution < -0.4 is 15.8 Å². The van der Waals surface area contributed by atoms with Crippen LogP contribution in [0.25, 0.3) is 0 Å². The van der Waals surface area contributed by atoms with Crippen molar-refractivity contribution in [2.45, 2.75) is 82.4 Å². The molecule has 1 aliphatic heterocycles.